The fourth-order valence-corrected chi connectivity index (χ4v) is 2.16. The SMILES string of the molecule is CCN(CC)C(=O)CC(NCCc1ccccc1)C(=O)O. The molecule has 0 spiro atoms. The minimum absolute atomic E-state index is 0.00813. The van der Waals surface area contributed by atoms with E-state index in [1.165, 1.54) is 0 Å². The number of amides is 1. The largest absolute Gasteiger partial charge is 0.480 e. The van der Waals surface area contributed by atoms with Crippen LogP contribution in [0.1, 0.15) is 25.8 Å². The monoisotopic (exact) mass is 292 g/mol. The Hall–Kier alpha value is -1.88. The second kappa shape index (κ2) is 9.13. The van der Waals surface area contributed by atoms with Crippen LogP contribution in [0.5, 0.6) is 0 Å². The highest BCUT2D eigenvalue weighted by Crippen LogP contribution is 2.02. The van der Waals surface area contributed by atoms with Gasteiger partial charge >= 0.3 is 5.97 Å². The van der Waals surface area contributed by atoms with Gasteiger partial charge in [-0.15, -0.1) is 0 Å². The van der Waals surface area contributed by atoms with E-state index in [2.05, 4.69) is 5.32 Å². The summed E-state index contributed by atoms with van der Waals surface area (Å²) in [5.41, 5.74) is 1.14. The summed E-state index contributed by atoms with van der Waals surface area (Å²) in [6, 6.07) is 9.01. The van der Waals surface area contributed by atoms with Gasteiger partial charge < -0.3 is 15.3 Å². The number of rotatable bonds is 9. The van der Waals surface area contributed by atoms with Crippen molar-refractivity contribution in [3.63, 3.8) is 0 Å². The van der Waals surface area contributed by atoms with Gasteiger partial charge in [-0.3, -0.25) is 9.59 Å². The van der Waals surface area contributed by atoms with Crippen LogP contribution in [0.2, 0.25) is 0 Å². The van der Waals surface area contributed by atoms with Crippen LogP contribution in [0.25, 0.3) is 0 Å². The van der Waals surface area contributed by atoms with Crippen LogP contribution >= 0.6 is 0 Å². The minimum Gasteiger partial charge on any atom is -0.480 e. The van der Waals surface area contributed by atoms with E-state index in [0.29, 0.717) is 19.6 Å². The van der Waals surface area contributed by atoms with Crippen molar-refractivity contribution in [2.45, 2.75) is 32.7 Å². The maximum atomic E-state index is 12.0. The third-order valence-electron chi connectivity index (χ3n) is 3.44. The highest BCUT2D eigenvalue weighted by atomic mass is 16.4. The van der Waals surface area contributed by atoms with E-state index >= 15 is 0 Å². The highest BCUT2D eigenvalue weighted by molar-refractivity contribution is 5.84. The van der Waals surface area contributed by atoms with Crippen LogP contribution in [0.15, 0.2) is 30.3 Å². The molecule has 1 aromatic rings. The average Bonchev–Trinajstić information content (AvgIpc) is 2.48. The molecule has 5 heteroatoms. The number of carboxylic acid groups (broad SMARTS) is 1. The summed E-state index contributed by atoms with van der Waals surface area (Å²) in [7, 11) is 0. The number of carboxylic acids is 1. The number of carbonyl (C=O) groups excluding carboxylic acids is 1. The van der Waals surface area contributed by atoms with Gasteiger partial charge in [0.2, 0.25) is 5.91 Å². The molecule has 1 unspecified atom stereocenters. The number of hydrogen-bond donors (Lipinski definition) is 2. The summed E-state index contributed by atoms with van der Waals surface area (Å²) in [4.78, 5) is 24.9. The van der Waals surface area contributed by atoms with Gasteiger partial charge in [0.05, 0.1) is 6.42 Å². The fourth-order valence-electron chi connectivity index (χ4n) is 2.16. The van der Waals surface area contributed by atoms with Crippen molar-refractivity contribution in [2.75, 3.05) is 19.6 Å². The molecule has 5 nitrogen and oxygen atoms in total. The van der Waals surface area contributed by atoms with Crippen molar-refractivity contribution >= 4 is 11.9 Å². The lowest BCUT2D eigenvalue weighted by molar-refractivity contribution is -0.143. The first-order chi connectivity index (χ1) is 10.1. The van der Waals surface area contributed by atoms with Gasteiger partial charge in [0.15, 0.2) is 0 Å². The number of benzene rings is 1. The summed E-state index contributed by atoms with van der Waals surface area (Å²) >= 11 is 0. The van der Waals surface area contributed by atoms with E-state index in [-0.39, 0.29) is 12.3 Å². The molecular weight excluding hydrogens is 268 g/mol. The Bertz CT molecular complexity index is 444. The van der Waals surface area contributed by atoms with Crippen LogP contribution in [-0.2, 0) is 16.0 Å². The standard InChI is InChI=1S/C16H24N2O3/c1-3-18(4-2)15(19)12-14(16(20)21)17-11-10-13-8-6-5-7-9-13/h5-9,14,17H,3-4,10-12H2,1-2H3,(H,20,21). The van der Waals surface area contributed by atoms with Crippen molar-refractivity contribution in [1.29, 1.82) is 0 Å². The Morgan fingerprint density at radius 1 is 1.19 bits per heavy atom. The summed E-state index contributed by atoms with van der Waals surface area (Å²) < 4.78 is 0. The van der Waals surface area contributed by atoms with Crippen LogP contribution < -0.4 is 5.32 Å². The molecule has 0 radical (unpaired) electrons. The Labute approximate surface area is 126 Å². The third kappa shape index (κ3) is 5.95. The van der Waals surface area contributed by atoms with Gasteiger partial charge in [-0.2, -0.15) is 0 Å². The lowest BCUT2D eigenvalue weighted by atomic mass is 10.1. The molecule has 0 aliphatic heterocycles. The molecule has 1 rings (SSSR count). The van der Waals surface area contributed by atoms with Crippen molar-refractivity contribution < 1.29 is 14.7 Å². The maximum Gasteiger partial charge on any atom is 0.321 e. The second-order valence-corrected chi connectivity index (χ2v) is 4.85. The number of nitrogens with zero attached hydrogens (tertiary/aromatic N) is 1. The number of nitrogens with one attached hydrogen (secondary N) is 1. The van der Waals surface area contributed by atoms with Gasteiger partial charge in [-0.1, -0.05) is 30.3 Å². The first-order valence-electron chi connectivity index (χ1n) is 7.36. The molecule has 1 aromatic carbocycles. The van der Waals surface area contributed by atoms with Crippen molar-refractivity contribution in [3.8, 4) is 0 Å². The van der Waals surface area contributed by atoms with E-state index in [0.717, 1.165) is 12.0 Å². The van der Waals surface area contributed by atoms with E-state index in [1.807, 2.05) is 44.2 Å². The molecule has 0 fully saturated rings. The maximum absolute atomic E-state index is 12.0. The molecular formula is C16H24N2O3. The molecule has 0 heterocycles. The van der Waals surface area contributed by atoms with Gasteiger partial charge in [0, 0.05) is 13.1 Å². The molecule has 0 aromatic heterocycles. The quantitative estimate of drug-likeness (QED) is 0.724. The molecule has 1 amide bonds. The Morgan fingerprint density at radius 3 is 2.33 bits per heavy atom. The average molecular weight is 292 g/mol. The topological polar surface area (TPSA) is 69.6 Å². The summed E-state index contributed by atoms with van der Waals surface area (Å²) in [6.45, 7) is 5.52. The lowest BCUT2D eigenvalue weighted by Crippen LogP contribution is -2.43. The smallest absolute Gasteiger partial charge is 0.321 e. The molecule has 21 heavy (non-hydrogen) atoms. The van der Waals surface area contributed by atoms with E-state index in [1.54, 1.807) is 4.90 Å². The predicted molar refractivity (Wildman–Crippen MR) is 82.1 cm³/mol. The van der Waals surface area contributed by atoms with Crippen molar-refractivity contribution in [1.82, 2.24) is 10.2 Å². The fraction of sp³-hybridized carbons (Fsp3) is 0.500. The normalized spacial score (nSPS) is 11.9. The highest BCUT2D eigenvalue weighted by Gasteiger charge is 2.22. The Balaban J connectivity index is 2.47. The minimum atomic E-state index is -0.983. The zero-order chi connectivity index (χ0) is 15.7. The molecule has 0 saturated carbocycles. The van der Waals surface area contributed by atoms with Crippen LogP contribution in [0.3, 0.4) is 0 Å². The van der Waals surface area contributed by atoms with E-state index in [4.69, 9.17) is 0 Å². The molecule has 116 valence electrons. The molecule has 0 aliphatic rings. The number of carbonyl (C=O) groups is 2. The first-order valence-corrected chi connectivity index (χ1v) is 7.36. The van der Waals surface area contributed by atoms with E-state index in [9.17, 15) is 14.7 Å². The molecule has 0 aliphatic carbocycles. The zero-order valence-corrected chi connectivity index (χ0v) is 12.7. The zero-order valence-electron chi connectivity index (χ0n) is 12.7. The van der Waals surface area contributed by atoms with Crippen LogP contribution in [-0.4, -0.2) is 47.6 Å². The van der Waals surface area contributed by atoms with Gasteiger partial charge in [0.25, 0.3) is 0 Å². The molecule has 2 N–H and O–H groups in total. The lowest BCUT2D eigenvalue weighted by Gasteiger charge is -2.21. The second-order valence-electron chi connectivity index (χ2n) is 4.85. The Kier molecular flexibility index (Phi) is 7.46. The number of hydrogen-bond acceptors (Lipinski definition) is 3. The van der Waals surface area contributed by atoms with Gasteiger partial charge in [-0.25, -0.2) is 0 Å². The van der Waals surface area contributed by atoms with Gasteiger partial charge in [0.1, 0.15) is 6.04 Å². The first kappa shape index (κ1) is 17.2. The van der Waals surface area contributed by atoms with E-state index < -0.39 is 12.0 Å². The summed E-state index contributed by atoms with van der Waals surface area (Å²) in [5.74, 6) is -1.11. The third-order valence-corrected chi connectivity index (χ3v) is 3.44. The number of aliphatic carboxylic acids is 1. The molecule has 0 bridgehead atoms. The van der Waals surface area contributed by atoms with Crippen molar-refractivity contribution in [3.05, 3.63) is 35.9 Å². The summed E-state index contributed by atoms with van der Waals surface area (Å²) in [5, 5.41) is 12.2. The van der Waals surface area contributed by atoms with Crippen LogP contribution in [0.4, 0.5) is 0 Å². The van der Waals surface area contributed by atoms with Crippen molar-refractivity contribution in [2.24, 2.45) is 0 Å². The van der Waals surface area contributed by atoms with Crippen LogP contribution in [0, 0.1) is 0 Å². The predicted octanol–water partition coefficient (Wildman–Crippen LogP) is 1.53. The summed E-state index contributed by atoms with van der Waals surface area (Å²) in [6.07, 6.45) is 0.732. The molecule has 1 atom stereocenters. The van der Waals surface area contributed by atoms with Gasteiger partial charge in [-0.05, 0) is 32.4 Å². The Morgan fingerprint density at radius 2 is 1.81 bits per heavy atom. The molecule has 0 saturated heterocycles.